The molecule has 0 aromatic rings. The van der Waals surface area contributed by atoms with Crippen molar-refractivity contribution < 1.29 is 14.4 Å². The number of nitrogens with zero attached hydrogens (tertiary/aromatic N) is 2. The summed E-state index contributed by atoms with van der Waals surface area (Å²) in [6.45, 7) is 8.75. The molecular formula is C17H27N3O3S. The predicted molar refractivity (Wildman–Crippen MR) is 93.6 cm³/mol. The molecule has 3 heterocycles. The number of hydrogen-bond donors (Lipinski definition) is 1. The van der Waals surface area contributed by atoms with Gasteiger partial charge in [0, 0.05) is 43.8 Å². The van der Waals surface area contributed by atoms with E-state index in [1.165, 1.54) is 0 Å². The van der Waals surface area contributed by atoms with E-state index in [0.29, 0.717) is 25.3 Å². The average Bonchev–Trinajstić information content (AvgIpc) is 2.85. The van der Waals surface area contributed by atoms with E-state index in [1.54, 1.807) is 11.8 Å². The number of carbonyl (C=O) groups is 3. The first kappa shape index (κ1) is 17.6. The van der Waals surface area contributed by atoms with Crippen molar-refractivity contribution >= 4 is 29.5 Å². The molecule has 1 N–H and O–H groups in total. The Kier molecular flexibility index (Phi) is 4.57. The van der Waals surface area contributed by atoms with Gasteiger partial charge in [-0.15, -0.1) is 11.8 Å². The van der Waals surface area contributed by atoms with E-state index in [4.69, 9.17) is 0 Å². The zero-order chi connectivity index (χ0) is 17.5. The van der Waals surface area contributed by atoms with E-state index < -0.39 is 10.8 Å². The Morgan fingerprint density at radius 3 is 2.50 bits per heavy atom. The van der Waals surface area contributed by atoms with Crippen LogP contribution >= 0.6 is 11.8 Å². The van der Waals surface area contributed by atoms with Crippen molar-refractivity contribution in [2.75, 3.05) is 31.9 Å². The fraction of sp³-hybridized carbons (Fsp3) is 0.824. The van der Waals surface area contributed by atoms with Crippen LogP contribution < -0.4 is 5.32 Å². The Morgan fingerprint density at radius 1 is 1.29 bits per heavy atom. The highest BCUT2D eigenvalue weighted by molar-refractivity contribution is 8.01. The Morgan fingerprint density at radius 2 is 1.96 bits per heavy atom. The van der Waals surface area contributed by atoms with Crippen LogP contribution in [0.1, 0.15) is 40.0 Å². The second-order valence-corrected chi connectivity index (χ2v) is 9.40. The second-order valence-electron chi connectivity index (χ2n) is 7.76. The molecule has 3 aliphatic heterocycles. The summed E-state index contributed by atoms with van der Waals surface area (Å²) in [6, 6.07) is -0.415. The van der Waals surface area contributed by atoms with Crippen molar-refractivity contribution in [1.82, 2.24) is 15.1 Å². The minimum absolute atomic E-state index is 0.0258. The zero-order valence-electron chi connectivity index (χ0n) is 14.8. The summed E-state index contributed by atoms with van der Waals surface area (Å²) < 4.78 is -0.462. The molecule has 3 saturated heterocycles. The fourth-order valence-electron chi connectivity index (χ4n) is 3.89. The van der Waals surface area contributed by atoms with Crippen LogP contribution in [0.15, 0.2) is 0 Å². The number of nitrogens with one attached hydrogen (secondary N) is 1. The van der Waals surface area contributed by atoms with Crippen LogP contribution in [-0.4, -0.2) is 70.2 Å². The molecule has 0 aromatic carbocycles. The van der Waals surface area contributed by atoms with Gasteiger partial charge in [-0.3, -0.25) is 14.4 Å². The summed E-state index contributed by atoms with van der Waals surface area (Å²) in [6.07, 6.45) is 2.37. The van der Waals surface area contributed by atoms with Gasteiger partial charge in [-0.25, -0.2) is 0 Å². The van der Waals surface area contributed by atoms with E-state index in [9.17, 15) is 14.4 Å². The number of amides is 3. The largest absolute Gasteiger partial charge is 0.342 e. The second kappa shape index (κ2) is 6.24. The molecule has 0 aliphatic carbocycles. The van der Waals surface area contributed by atoms with Crippen molar-refractivity contribution in [3.63, 3.8) is 0 Å². The van der Waals surface area contributed by atoms with Crippen molar-refractivity contribution in [3.8, 4) is 0 Å². The molecule has 7 heteroatoms. The van der Waals surface area contributed by atoms with Crippen LogP contribution in [0.5, 0.6) is 0 Å². The van der Waals surface area contributed by atoms with Gasteiger partial charge in [-0.2, -0.15) is 0 Å². The van der Waals surface area contributed by atoms with Gasteiger partial charge in [-0.05, 0) is 33.6 Å². The zero-order valence-corrected chi connectivity index (χ0v) is 15.6. The minimum Gasteiger partial charge on any atom is -0.342 e. The summed E-state index contributed by atoms with van der Waals surface area (Å²) in [7, 11) is 0. The third kappa shape index (κ3) is 3.15. The highest BCUT2D eigenvalue weighted by Gasteiger charge is 2.46. The third-order valence-corrected chi connectivity index (χ3v) is 7.09. The molecule has 0 radical (unpaired) electrons. The SMILES string of the molecule is CCN1CC2(CCN(C(=O)[C@@H]3CSC(C)(C)C(=O)N3)CC2)CC1=O. The van der Waals surface area contributed by atoms with Crippen LogP contribution in [0.2, 0.25) is 0 Å². The van der Waals surface area contributed by atoms with Gasteiger partial charge in [0.25, 0.3) is 0 Å². The van der Waals surface area contributed by atoms with E-state index in [1.807, 2.05) is 30.6 Å². The highest BCUT2D eigenvalue weighted by atomic mass is 32.2. The molecule has 6 nitrogen and oxygen atoms in total. The van der Waals surface area contributed by atoms with Crippen LogP contribution in [0.25, 0.3) is 0 Å². The van der Waals surface area contributed by atoms with Crippen molar-refractivity contribution in [2.45, 2.75) is 50.8 Å². The molecule has 24 heavy (non-hydrogen) atoms. The smallest absolute Gasteiger partial charge is 0.246 e. The number of thioether (sulfide) groups is 1. The number of carbonyl (C=O) groups excluding carboxylic acids is 3. The first-order valence-corrected chi connectivity index (χ1v) is 9.76. The summed E-state index contributed by atoms with van der Waals surface area (Å²) in [5.41, 5.74) is 0.0520. The average molecular weight is 353 g/mol. The van der Waals surface area contributed by atoms with Crippen molar-refractivity contribution in [3.05, 3.63) is 0 Å². The monoisotopic (exact) mass is 353 g/mol. The number of likely N-dealkylation sites (tertiary alicyclic amines) is 2. The number of piperidine rings is 1. The maximum absolute atomic E-state index is 12.7. The summed E-state index contributed by atoms with van der Waals surface area (Å²) >= 11 is 1.54. The van der Waals surface area contributed by atoms with Gasteiger partial charge in [0.1, 0.15) is 6.04 Å². The Bertz CT molecular complexity index is 555. The molecule has 3 amide bonds. The van der Waals surface area contributed by atoms with Gasteiger partial charge in [0.05, 0.1) is 4.75 Å². The molecule has 0 aromatic heterocycles. The topological polar surface area (TPSA) is 69.7 Å². The Balaban J connectivity index is 1.56. The quantitative estimate of drug-likeness (QED) is 0.799. The lowest BCUT2D eigenvalue weighted by Gasteiger charge is -2.41. The van der Waals surface area contributed by atoms with Crippen LogP contribution in [0.4, 0.5) is 0 Å². The summed E-state index contributed by atoms with van der Waals surface area (Å²) in [4.78, 5) is 40.6. The van der Waals surface area contributed by atoms with E-state index in [-0.39, 0.29) is 23.1 Å². The van der Waals surface area contributed by atoms with Crippen molar-refractivity contribution in [1.29, 1.82) is 0 Å². The van der Waals surface area contributed by atoms with E-state index in [2.05, 4.69) is 5.32 Å². The van der Waals surface area contributed by atoms with Gasteiger partial charge >= 0.3 is 0 Å². The van der Waals surface area contributed by atoms with Gasteiger partial charge in [0.15, 0.2) is 0 Å². The lowest BCUT2D eigenvalue weighted by Crippen LogP contribution is -2.59. The predicted octanol–water partition coefficient (Wildman–Crippen LogP) is 0.858. The molecule has 0 saturated carbocycles. The Hall–Kier alpha value is -1.24. The number of rotatable bonds is 2. The first-order chi connectivity index (χ1) is 11.3. The molecular weight excluding hydrogens is 326 g/mol. The Labute approximate surface area is 147 Å². The minimum atomic E-state index is -0.462. The highest BCUT2D eigenvalue weighted by Crippen LogP contribution is 2.41. The molecule has 0 unspecified atom stereocenters. The van der Waals surface area contributed by atoms with E-state index in [0.717, 1.165) is 25.9 Å². The molecule has 3 fully saturated rings. The maximum Gasteiger partial charge on any atom is 0.246 e. The first-order valence-electron chi connectivity index (χ1n) is 8.78. The normalized spacial score (nSPS) is 29.0. The third-order valence-electron chi connectivity index (χ3n) is 5.68. The molecule has 1 atom stereocenters. The van der Waals surface area contributed by atoms with Crippen LogP contribution in [0, 0.1) is 5.41 Å². The summed E-state index contributed by atoms with van der Waals surface area (Å²) in [5, 5.41) is 2.87. The molecule has 134 valence electrons. The maximum atomic E-state index is 12.7. The van der Waals surface area contributed by atoms with E-state index >= 15 is 0 Å². The van der Waals surface area contributed by atoms with Crippen LogP contribution in [0.3, 0.4) is 0 Å². The van der Waals surface area contributed by atoms with Crippen LogP contribution in [-0.2, 0) is 14.4 Å². The molecule has 3 rings (SSSR count). The lowest BCUT2D eigenvalue weighted by molar-refractivity contribution is -0.138. The number of hydrogen-bond acceptors (Lipinski definition) is 4. The van der Waals surface area contributed by atoms with Gasteiger partial charge in [-0.1, -0.05) is 0 Å². The lowest BCUT2D eigenvalue weighted by atomic mass is 9.77. The standard InChI is InChI=1S/C17H27N3O3S/c1-4-19-11-17(9-13(19)21)5-7-20(8-6-17)14(22)12-10-24-16(2,3)15(23)18-12/h12H,4-11H2,1-3H3,(H,18,23)/t12-/m0/s1. The van der Waals surface area contributed by atoms with Gasteiger partial charge in [0.2, 0.25) is 17.7 Å². The molecule has 3 aliphatic rings. The fourth-order valence-corrected chi connectivity index (χ4v) is 4.89. The van der Waals surface area contributed by atoms with Gasteiger partial charge < -0.3 is 15.1 Å². The summed E-state index contributed by atoms with van der Waals surface area (Å²) in [5.74, 6) is 0.834. The molecule has 0 bridgehead atoms. The van der Waals surface area contributed by atoms with Crippen molar-refractivity contribution in [2.24, 2.45) is 5.41 Å². The molecule has 1 spiro atoms.